The van der Waals surface area contributed by atoms with Gasteiger partial charge in [0, 0.05) is 30.5 Å². The van der Waals surface area contributed by atoms with Gasteiger partial charge in [0.1, 0.15) is 11.4 Å². The molecule has 9 heteroatoms. The van der Waals surface area contributed by atoms with Crippen molar-refractivity contribution in [2.75, 3.05) is 6.54 Å². The fourth-order valence-corrected chi connectivity index (χ4v) is 6.77. The molecule has 1 atom stereocenters. The molecule has 0 aliphatic carbocycles. The van der Waals surface area contributed by atoms with Gasteiger partial charge in [-0.3, -0.25) is 4.79 Å². The molecule has 40 heavy (non-hydrogen) atoms. The second-order valence-electron chi connectivity index (χ2n) is 13.2. The first-order chi connectivity index (χ1) is 18.4. The van der Waals surface area contributed by atoms with E-state index in [2.05, 4.69) is 38.8 Å². The minimum absolute atomic E-state index is 0.00922. The summed E-state index contributed by atoms with van der Waals surface area (Å²) in [5, 5.41) is 20.6. The number of nitrogens with zero attached hydrogens (tertiary/aromatic N) is 1. The van der Waals surface area contributed by atoms with Crippen LogP contribution in [0.15, 0.2) is 53.3 Å². The van der Waals surface area contributed by atoms with Gasteiger partial charge < -0.3 is 24.8 Å². The largest absolute Gasteiger partial charge is 0.506 e. The molecule has 3 N–H and O–H groups in total. The standard InChI is InChI=1S/C31H42N2O6Si/c1-30(2,3)39-29(38)33(17-20-9-11-21(12-10-20)28(36)37)18-22(19-40(7,8)31(4,5)6)23-13-15-25(34)27-24(23)14-16-26(35)32-27/h9-16,22,34H,17-19H2,1-8H3,(H,32,35)(H,36,37)/t22-/m1/s1. The highest BCUT2D eigenvalue weighted by Crippen LogP contribution is 2.44. The lowest BCUT2D eigenvalue weighted by molar-refractivity contribution is 0.0223. The zero-order valence-electron chi connectivity index (χ0n) is 24.8. The van der Waals surface area contributed by atoms with E-state index in [1.165, 1.54) is 18.2 Å². The summed E-state index contributed by atoms with van der Waals surface area (Å²) in [5.74, 6) is -1.15. The number of phenolic OH excluding ortho intramolecular Hbond substituents is 1. The van der Waals surface area contributed by atoms with Gasteiger partial charge in [-0.05, 0) is 67.2 Å². The van der Waals surface area contributed by atoms with Gasteiger partial charge in [-0.2, -0.15) is 0 Å². The molecule has 0 radical (unpaired) electrons. The number of fused-ring (bicyclic) bond motifs is 1. The van der Waals surface area contributed by atoms with E-state index < -0.39 is 25.7 Å². The number of nitrogens with one attached hydrogen (secondary N) is 1. The van der Waals surface area contributed by atoms with Crippen LogP contribution in [0.2, 0.25) is 24.2 Å². The Balaban J connectivity index is 2.12. The molecule has 0 aliphatic rings. The summed E-state index contributed by atoms with van der Waals surface area (Å²) < 4.78 is 5.81. The molecule has 3 aromatic rings. The first-order valence-corrected chi connectivity index (χ1v) is 16.7. The van der Waals surface area contributed by atoms with Gasteiger partial charge in [0.15, 0.2) is 0 Å². The summed E-state index contributed by atoms with van der Waals surface area (Å²) in [6, 6.07) is 14.0. The van der Waals surface area contributed by atoms with Crippen LogP contribution in [0.4, 0.5) is 4.79 Å². The Hall–Kier alpha value is -3.59. The Bertz CT molecular complexity index is 1430. The number of aromatic nitrogens is 1. The number of rotatable bonds is 8. The molecular formula is C31H42N2O6Si. The number of carboxylic acids is 1. The van der Waals surface area contributed by atoms with Gasteiger partial charge in [0.2, 0.25) is 5.56 Å². The summed E-state index contributed by atoms with van der Waals surface area (Å²) in [6.45, 7) is 17.5. The third kappa shape index (κ3) is 7.53. The highest BCUT2D eigenvalue weighted by atomic mass is 28.3. The molecule has 0 unspecified atom stereocenters. The average molecular weight is 567 g/mol. The molecule has 0 saturated carbocycles. The molecule has 0 saturated heterocycles. The van der Waals surface area contributed by atoms with Crippen molar-refractivity contribution in [1.29, 1.82) is 0 Å². The summed E-state index contributed by atoms with van der Waals surface area (Å²) >= 11 is 0. The number of pyridine rings is 1. The van der Waals surface area contributed by atoms with Gasteiger partial charge in [-0.15, -0.1) is 0 Å². The number of ether oxygens (including phenoxy) is 1. The second-order valence-corrected chi connectivity index (χ2v) is 18.9. The van der Waals surface area contributed by atoms with E-state index in [-0.39, 0.29) is 34.4 Å². The summed E-state index contributed by atoms with van der Waals surface area (Å²) in [4.78, 5) is 41.4. The maximum absolute atomic E-state index is 13.6. The van der Waals surface area contributed by atoms with Crippen LogP contribution in [0.5, 0.6) is 5.75 Å². The van der Waals surface area contributed by atoms with E-state index in [4.69, 9.17) is 4.74 Å². The van der Waals surface area contributed by atoms with E-state index in [0.717, 1.165) is 22.6 Å². The predicted molar refractivity (Wildman–Crippen MR) is 161 cm³/mol. The smallest absolute Gasteiger partial charge is 0.410 e. The number of aromatic carboxylic acids is 1. The minimum atomic E-state index is -1.90. The predicted octanol–water partition coefficient (Wildman–Crippen LogP) is 6.96. The van der Waals surface area contributed by atoms with Crippen LogP contribution < -0.4 is 5.56 Å². The molecule has 8 nitrogen and oxygen atoms in total. The zero-order chi connectivity index (χ0) is 30.0. The Kier molecular flexibility index (Phi) is 8.89. The number of H-pyrrole nitrogens is 1. The van der Waals surface area contributed by atoms with E-state index in [1.54, 1.807) is 29.2 Å². The maximum atomic E-state index is 13.6. The maximum Gasteiger partial charge on any atom is 0.410 e. The number of benzene rings is 2. The molecule has 216 valence electrons. The van der Waals surface area contributed by atoms with Crippen molar-refractivity contribution in [3.63, 3.8) is 0 Å². The van der Waals surface area contributed by atoms with Crippen LogP contribution in [0.3, 0.4) is 0 Å². The highest BCUT2D eigenvalue weighted by Gasteiger charge is 2.39. The Morgan fingerprint density at radius 1 is 0.975 bits per heavy atom. The zero-order valence-corrected chi connectivity index (χ0v) is 25.8. The number of carbonyl (C=O) groups is 2. The molecule has 1 amide bonds. The number of aromatic hydroxyl groups is 1. The number of phenols is 1. The number of carbonyl (C=O) groups excluding carboxylic acids is 1. The Labute approximate surface area is 237 Å². The van der Waals surface area contributed by atoms with Crippen LogP contribution in [-0.4, -0.2) is 52.4 Å². The van der Waals surface area contributed by atoms with Gasteiger partial charge in [0.05, 0.1) is 19.2 Å². The van der Waals surface area contributed by atoms with Crippen LogP contribution in [-0.2, 0) is 11.3 Å². The Morgan fingerprint density at radius 2 is 1.60 bits per heavy atom. The molecule has 1 heterocycles. The van der Waals surface area contributed by atoms with Gasteiger partial charge in [0.25, 0.3) is 0 Å². The van der Waals surface area contributed by atoms with E-state index in [1.807, 2.05) is 26.8 Å². The topological polar surface area (TPSA) is 120 Å². The lowest BCUT2D eigenvalue weighted by atomic mass is 9.95. The van der Waals surface area contributed by atoms with Crippen LogP contribution in [0, 0.1) is 0 Å². The fourth-order valence-electron chi connectivity index (χ4n) is 4.58. The molecule has 2 aromatic carbocycles. The van der Waals surface area contributed by atoms with Crippen molar-refractivity contribution in [2.24, 2.45) is 0 Å². The molecule has 0 bridgehead atoms. The number of carboxylic acid groups (broad SMARTS) is 1. The normalized spacial score (nSPS) is 13.2. The summed E-state index contributed by atoms with van der Waals surface area (Å²) in [5.41, 5.74) is 1.25. The molecular weight excluding hydrogens is 524 g/mol. The van der Waals surface area contributed by atoms with E-state index in [0.29, 0.717) is 12.1 Å². The number of hydrogen-bond donors (Lipinski definition) is 3. The first-order valence-electron chi connectivity index (χ1n) is 13.5. The molecule has 0 fully saturated rings. The number of hydrogen-bond acceptors (Lipinski definition) is 5. The van der Waals surface area contributed by atoms with Gasteiger partial charge >= 0.3 is 12.1 Å². The van der Waals surface area contributed by atoms with Crippen molar-refractivity contribution in [3.8, 4) is 5.75 Å². The van der Waals surface area contributed by atoms with Crippen molar-refractivity contribution in [1.82, 2.24) is 9.88 Å². The fraction of sp³-hybridized carbons (Fsp3) is 0.452. The molecule has 1 aromatic heterocycles. The first kappa shape index (κ1) is 30.9. The quantitative estimate of drug-likeness (QED) is 0.254. The van der Waals surface area contributed by atoms with Crippen molar-refractivity contribution >= 4 is 31.0 Å². The third-order valence-corrected chi connectivity index (χ3v) is 13.4. The molecule has 0 aliphatic heterocycles. The van der Waals surface area contributed by atoms with E-state index >= 15 is 0 Å². The lowest BCUT2D eigenvalue weighted by Gasteiger charge is -2.41. The SMILES string of the molecule is CC(C)(C)OC(=O)N(Cc1ccc(C(=O)O)cc1)C[C@H](C[Si](C)(C)C(C)(C)C)c1ccc(O)c2[nH]c(=O)ccc12. The lowest BCUT2D eigenvalue weighted by Crippen LogP contribution is -2.43. The second kappa shape index (κ2) is 11.5. The molecule has 0 spiro atoms. The minimum Gasteiger partial charge on any atom is -0.506 e. The monoisotopic (exact) mass is 566 g/mol. The van der Waals surface area contributed by atoms with Crippen LogP contribution >= 0.6 is 0 Å². The van der Waals surface area contributed by atoms with Crippen molar-refractivity contribution in [2.45, 2.75) is 83.8 Å². The van der Waals surface area contributed by atoms with Crippen LogP contribution in [0.25, 0.3) is 10.9 Å². The van der Waals surface area contributed by atoms with Crippen LogP contribution in [0.1, 0.15) is 68.9 Å². The summed E-state index contributed by atoms with van der Waals surface area (Å²) in [7, 11) is -1.90. The van der Waals surface area contributed by atoms with Crippen molar-refractivity contribution in [3.05, 3.63) is 75.6 Å². The number of amides is 1. The average Bonchev–Trinajstić information content (AvgIpc) is 2.82. The summed E-state index contributed by atoms with van der Waals surface area (Å²) in [6.07, 6.45) is -0.466. The number of aromatic amines is 1. The highest BCUT2D eigenvalue weighted by molar-refractivity contribution is 6.80. The van der Waals surface area contributed by atoms with Crippen molar-refractivity contribution < 1.29 is 24.5 Å². The Morgan fingerprint density at radius 3 is 2.15 bits per heavy atom. The molecule has 3 rings (SSSR count). The van der Waals surface area contributed by atoms with Gasteiger partial charge in [-0.1, -0.05) is 52.1 Å². The van der Waals surface area contributed by atoms with E-state index in [9.17, 15) is 24.6 Å². The third-order valence-electron chi connectivity index (χ3n) is 7.80. The van der Waals surface area contributed by atoms with Gasteiger partial charge in [-0.25, -0.2) is 9.59 Å².